The first-order chi connectivity index (χ1) is 9.30. The van der Waals surface area contributed by atoms with Crippen LogP contribution in [0.3, 0.4) is 0 Å². The summed E-state index contributed by atoms with van der Waals surface area (Å²) in [7, 11) is -6.45. The molecule has 118 valence electrons. The number of sulfonamides is 1. The second kappa shape index (κ2) is 6.29. The molecule has 0 bridgehead atoms. The molecule has 6 nitrogen and oxygen atoms in total. The molecule has 2 aliphatic heterocycles. The van der Waals surface area contributed by atoms with E-state index in [9.17, 15) is 16.8 Å². The van der Waals surface area contributed by atoms with E-state index in [1.807, 2.05) is 6.92 Å². The molecule has 2 unspecified atom stereocenters. The van der Waals surface area contributed by atoms with Crippen LogP contribution in [0.25, 0.3) is 0 Å². The first-order valence-electron chi connectivity index (χ1n) is 7.22. The number of hydrogen-bond donors (Lipinski definition) is 2. The zero-order valence-corrected chi connectivity index (χ0v) is 13.5. The van der Waals surface area contributed by atoms with Crippen molar-refractivity contribution in [1.29, 1.82) is 0 Å². The molecule has 2 aliphatic rings. The van der Waals surface area contributed by atoms with Crippen LogP contribution in [-0.2, 0) is 19.9 Å². The van der Waals surface area contributed by atoms with Gasteiger partial charge in [0.05, 0.1) is 16.8 Å². The molecule has 2 saturated heterocycles. The lowest BCUT2D eigenvalue weighted by Gasteiger charge is -2.31. The average molecular weight is 324 g/mol. The summed E-state index contributed by atoms with van der Waals surface area (Å²) in [5.41, 5.74) is 0. The lowest BCUT2D eigenvalue weighted by atomic mass is 9.94. The summed E-state index contributed by atoms with van der Waals surface area (Å²) < 4.78 is 50.1. The number of hydrogen-bond acceptors (Lipinski definition) is 5. The van der Waals surface area contributed by atoms with Crippen LogP contribution in [0.4, 0.5) is 0 Å². The maximum Gasteiger partial charge on any atom is 0.214 e. The third-order valence-electron chi connectivity index (χ3n) is 4.33. The summed E-state index contributed by atoms with van der Waals surface area (Å²) >= 11 is 0. The first kappa shape index (κ1) is 16.2. The molecule has 0 aromatic heterocycles. The fourth-order valence-electron chi connectivity index (χ4n) is 2.94. The summed E-state index contributed by atoms with van der Waals surface area (Å²) in [6, 6.07) is -0.105. The molecule has 8 heteroatoms. The standard InChI is InChI=1S/C12H24N2O4S2/c1-10(11-3-2-6-13-9-11)14-20(17,18)12-4-7-19(15,16)8-5-12/h10-14H,2-9H2,1H3. The highest BCUT2D eigenvalue weighted by molar-refractivity contribution is 7.92. The van der Waals surface area contributed by atoms with E-state index < -0.39 is 25.1 Å². The SMILES string of the molecule is CC(NS(=O)(=O)C1CCS(=O)(=O)CC1)C1CCCNC1. The Kier molecular flexibility index (Phi) is 5.09. The van der Waals surface area contributed by atoms with E-state index >= 15 is 0 Å². The van der Waals surface area contributed by atoms with Crippen LogP contribution in [0.2, 0.25) is 0 Å². The molecule has 2 atom stereocenters. The maximum atomic E-state index is 12.3. The van der Waals surface area contributed by atoms with Crippen molar-refractivity contribution >= 4 is 19.9 Å². The van der Waals surface area contributed by atoms with E-state index in [2.05, 4.69) is 10.0 Å². The molecule has 20 heavy (non-hydrogen) atoms. The largest absolute Gasteiger partial charge is 0.316 e. The second-order valence-electron chi connectivity index (χ2n) is 5.91. The molecular formula is C12H24N2O4S2. The van der Waals surface area contributed by atoms with Crippen molar-refractivity contribution in [3.63, 3.8) is 0 Å². The Morgan fingerprint density at radius 3 is 2.40 bits per heavy atom. The van der Waals surface area contributed by atoms with Gasteiger partial charge >= 0.3 is 0 Å². The van der Waals surface area contributed by atoms with Crippen molar-refractivity contribution in [3.8, 4) is 0 Å². The Morgan fingerprint density at radius 1 is 1.20 bits per heavy atom. The molecule has 0 aromatic rings. The predicted molar refractivity (Wildman–Crippen MR) is 78.8 cm³/mol. The lowest BCUT2D eigenvalue weighted by Crippen LogP contribution is -2.48. The van der Waals surface area contributed by atoms with Gasteiger partial charge in [-0.05, 0) is 51.6 Å². The van der Waals surface area contributed by atoms with Crippen LogP contribution in [0, 0.1) is 5.92 Å². The van der Waals surface area contributed by atoms with Gasteiger partial charge in [-0.3, -0.25) is 0 Å². The Bertz CT molecular complexity index is 510. The normalized spacial score (nSPS) is 29.9. The highest BCUT2D eigenvalue weighted by Crippen LogP contribution is 2.21. The summed E-state index contributed by atoms with van der Waals surface area (Å²) in [5, 5.41) is 2.71. The monoisotopic (exact) mass is 324 g/mol. The zero-order chi connectivity index (χ0) is 14.8. The Hall–Kier alpha value is -0.180. The molecule has 0 aliphatic carbocycles. The molecule has 2 heterocycles. The molecule has 2 fully saturated rings. The maximum absolute atomic E-state index is 12.3. The van der Waals surface area contributed by atoms with Crippen molar-refractivity contribution < 1.29 is 16.8 Å². The fraction of sp³-hybridized carbons (Fsp3) is 1.00. The van der Waals surface area contributed by atoms with E-state index in [1.165, 1.54) is 0 Å². The highest BCUT2D eigenvalue weighted by Gasteiger charge is 2.34. The third kappa shape index (κ3) is 4.16. The van der Waals surface area contributed by atoms with Gasteiger partial charge in [-0.15, -0.1) is 0 Å². The summed E-state index contributed by atoms with van der Waals surface area (Å²) in [4.78, 5) is 0. The minimum Gasteiger partial charge on any atom is -0.316 e. The summed E-state index contributed by atoms with van der Waals surface area (Å²) in [6.45, 7) is 3.73. The molecule has 2 rings (SSSR count). The van der Waals surface area contributed by atoms with Crippen molar-refractivity contribution in [2.45, 2.75) is 43.9 Å². The number of nitrogens with one attached hydrogen (secondary N) is 2. The zero-order valence-electron chi connectivity index (χ0n) is 11.8. The van der Waals surface area contributed by atoms with E-state index in [1.54, 1.807) is 0 Å². The van der Waals surface area contributed by atoms with Gasteiger partial charge in [0.15, 0.2) is 0 Å². The summed E-state index contributed by atoms with van der Waals surface area (Å²) in [6.07, 6.45) is 2.52. The molecule has 2 N–H and O–H groups in total. The fourth-order valence-corrected chi connectivity index (χ4v) is 6.49. The number of rotatable bonds is 4. The van der Waals surface area contributed by atoms with Gasteiger partial charge in [-0.1, -0.05) is 0 Å². The van der Waals surface area contributed by atoms with Crippen LogP contribution in [0.5, 0.6) is 0 Å². The molecule has 0 saturated carbocycles. The van der Waals surface area contributed by atoms with Gasteiger partial charge in [0, 0.05) is 6.04 Å². The number of piperidine rings is 1. The molecule has 0 radical (unpaired) electrons. The van der Waals surface area contributed by atoms with Gasteiger partial charge in [-0.2, -0.15) is 0 Å². The van der Waals surface area contributed by atoms with Gasteiger partial charge in [0.25, 0.3) is 0 Å². The number of sulfone groups is 1. The molecular weight excluding hydrogens is 300 g/mol. The minimum atomic E-state index is -3.42. The van der Waals surface area contributed by atoms with E-state index in [0.29, 0.717) is 5.92 Å². The van der Waals surface area contributed by atoms with Crippen molar-refractivity contribution in [2.75, 3.05) is 24.6 Å². The first-order valence-corrected chi connectivity index (χ1v) is 10.6. The third-order valence-corrected chi connectivity index (χ3v) is 8.10. The van der Waals surface area contributed by atoms with Gasteiger partial charge in [0.2, 0.25) is 10.0 Å². The second-order valence-corrected chi connectivity index (χ2v) is 10.2. The average Bonchev–Trinajstić information content (AvgIpc) is 2.38. The van der Waals surface area contributed by atoms with Gasteiger partial charge in [0.1, 0.15) is 9.84 Å². The van der Waals surface area contributed by atoms with Crippen LogP contribution in [0.1, 0.15) is 32.6 Å². The quantitative estimate of drug-likeness (QED) is 0.751. The van der Waals surface area contributed by atoms with Crippen LogP contribution in [0.15, 0.2) is 0 Å². The Labute approximate surface area is 121 Å². The van der Waals surface area contributed by atoms with Gasteiger partial charge < -0.3 is 5.32 Å². The smallest absolute Gasteiger partial charge is 0.214 e. The van der Waals surface area contributed by atoms with Crippen LogP contribution >= 0.6 is 0 Å². The van der Waals surface area contributed by atoms with E-state index in [-0.39, 0.29) is 30.4 Å². The Balaban J connectivity index is 1.93. The predicted octanol–water partition coefficient (Wildman–Crippen LogP) is -0.129. The van der Waals surface area contributed by atoms with Crippen molar-refractivity contribution in [1.82, 2.24) is 10.0 Å². The van der Waals surface area contributed by atoms with E-state index in [0.717, 1.165) is 25.9 Å². The lowest BCUT2D eigenvalue weighted by molar-refractivity contribution is 0.319. The minimum absolute atomic E-state index is 0.0159. The highest BCUT2D eigenvalue weighted by atomic mass is 32.2. The molecule has 0 aromatic carbocycles. The van der Waals surface area contributed by atoms with Crippen LogP contribution < -0.4 is 10.0 Å². The summed E-state index contributed by atoms with van der Waals surface area (Å²) in [5.74, 6) is 0.279. The molecule has 0 amide bonds. The van der Waals surface area contributed by atoms with Crippen LogP contribution in [-0.4, -0.2) is 52.7 Å². The van der Waals surface area contributed by atoms with E-state index in [4.69, 9.17) is 0 Å². The topological polar surface area (TPSA) is 92.3 Å². The van der Waals surface area contributed by atoms with Crippen molar-refractivity contribution in [3.05, 3.63) is 0 Å². The van der Waals surface area contributed by atoms with Gasteiger partial charge in [-0.25, -0.2) is 21.6 Å². The molecule has 0 spiro atoms. The van der Waals surface area contributed by atoms with Crippen molar-refractivity contribution in [2.24, 2.45) is 5.92 Å². The Morgan fingerprint density at radius 2 is 1.85 bits per heavy atom.